The summed E-state index contributed by atoms with van der Waals surface area (Å²) in [5, 5.41) is 4.00. The topological polar surface area (TPSA) is 55.1 Å². The van der Waals surface area contributed by atoms with Gasteiger partial charge in [0.15, 0.2) is 0 Å². The Balaban J connectivity index is 1.87. The molecule has 3 rings (SSSR count). The predicted octanol–water partition coefficient (Wildman–Crippen LogP) is 3.77. The average Bonchev–Trinajstić information content (AvgIpc) is 2.76. The summed E-state index contributed by atoms with van der Waals surface area (Å²) in [6, 6.07) is 7.17. The number of rotatable bonds is 2. The molecular weight excluding hydrogens is 268 g/mol. The zero-order chi connectivity index (χ0) is 14.1. The monoisotopic (exact) mass is 286 g/mol. The molecule has 20 heavy (non-hydrogen) atoms. The van der Waals surface area contributed by atoms with Crippen LogP contribution in [0.3, 0.4) is 0 Å². The second kappa shape index (κ2) is 5.29. The Morgan fingerprint density at radius 3 is 2.75 bits per heavy atom. The lowest BCUT2D eigenvalue weighted by molar-refractivity contribution is 0.102. The van der Waals surface area contributed by atoms with Crippen LogP contribution < -0.4 is 11.1 Å². The van der Waals surface area contributed by atoms with E-state index >= 15 is 0 Å². The molecule has 3 N–H and O–H groups in total. The maximum atomic E-state index is 12.3. The van der Waals surface area contributed by atoms with Crippen LogP contribution in [0.2, 0.25) is 0 Å². The number of para-hydroxylation sites is 1. The van der Waals surface area contributed by atoms with Crippen molar-refractivity contribution in [2.24, 2.45) is 0 Å². The van der Waals surface area contributed by atoms with Crippen molar-refractivity contribution in [2.45, 2.75) is 32.6 Å². The van der Waals surface area contributed by atoms with Gasteiger partial charge in [0, 0.05) is 10.6 Å². The van der Waals surface area contributed by atoms with Gasteiger partial charge in [0.25, 0.3) is 5.91 Å². The van der Waals surface area contributed by atoms with E-state index in [9.17, 15) is 4.79 Å². The molecule has 1 aliphatic carbocycles. The molecule has 0 fully saturated rings. The molecule has 1 aliphatic rings. The van der Waals surface area contributed by atoms with Gasteiger partial charge in [-0.05, 0) is 55.9 Å². The van der Waals surface area contributed by atoms with Crippen molar-refractivity contribution in [1.29, 1.82) is 0 Å². The van der Waals surface area contributed by atoms with E-state index in [1.807, 2.05) is 12.1 Å². The highest BCUT2D eigenvalue weighted by Gasteiger charge is 2.19. The number of amides is 1. The Morgan fingerprint density at radius 2 is 2.00 bits per heavy atom. The summed E-state index contributed by atoms with van der Waals surface area (Å²) in [7, 11) is 0. The van der Waals surface area contributed by atoms with Crippen molar-refractivity contribution >= 4 is 27.9 Å². The number of benzene rings is 1. The van der Waals surface area contributed by atoms with E-state index in [0.717, 1.165) is 17.8 Å². The number of nitrogens with two attached hydrogens (primary N) is 1. The van der Waals surface area contributed by atoms with E-state index < -0.39 is 0 Å². The van der Waals surface area contributed by atoms with E-state index in [4.69, 9.17) is 5.73 Å². The minimum atomic E-state index is -0.121. The first-order chi connectivity index (χ1) is 9.66. The van der Waals surface area contributed by atoms with Crippen LogP contribution in [0.25, 0.3) is 0 Å². The van der Waals surface area contributed by atoms with Crippen molar-refractivity contribution in [1.82, 2.24) is 0 Å². The van der Waals surface area contributed by atoms with Gasteiger partial charge in [-0.1, -0.05) is 12.1 Å². The molecule has 1 heterocycles. The fourth-order valence-corrected chi connectivity index (χ4v) is 4.01. The number of carbonyl (C=O) groups excluding carboxylic acids is 1. The Kier molecular flexibility index (Phi) is 3.49. The molecule has 2 aromatic rings. The first-order valence-electron chi connectivity index (χ1n) is 6.94. The SMILES string of the molecule is Cc1c(NC(=O)c2ccccc2N)sc2c1CCCC2. The minimum absolute atomic E-state index is 0.121. The van der Waals surface area contributed by atoms with Crippen molar-refractivity contribution in [3.05, 3.63) is 45.8 Å². The highest BCUT2D eigenvalue weighted by Crippen LogP contribution is 2.37. The predicted molar refractivity (Wildman–Crippen MR) is 84.5 cm³/mol. The van der Waals surface area contributed by atoms with Crippen LogP contribution in [0.15, 0.2) is 24.3 Å². The van der Waals surface area contributed by atoms with Crippen molar-refractivity contribution in [3.63, 3.8) is 0 Å². The van der Waals surface area contributed by atoms with Gasteiger partial charge in [0.1, 0.15) is 0 Å². The highest BCUT2D eigenvalue weighted by atomic mass is 32.1. The first kappa shape index (κ1) is 13.2. The number of aryl methyl sites for hydroxylation is 1. The third kappa shape index (κ3) is 2.31. The summed E-state index contributed by atoms with van der Waals surface area (Å²) in [6.07, 6.45) is 4.79. The third-order valence-corrected chi connectivity index (χ3v) is 5.18. The number of hydrogen-bond donors (Lipinski definition) is 2. The maximum Gasteiger partial charge on any atom is 0.258 e. The van der Waals surface area contributed by atoms with E-state index in [1.165, 1.54) is 28.8 Å². The summed E-state index contributed by atoms with van der Waals surface area (Å²) >= 11 is 1.72. The summed E-state index contributed by atoms with van der Waals surface area (Å²) in [4.78, 5) is 13.8. The van der Waals surface area contributed by atoms with Gasteiger partial charge in [0.05, 0.1) is 10.6 Å². The maximum absolute atomic E-state index is 12.3. The Hall–Kier alpha value is -1.81. The Labute approximate surface area is 122 Å². The van der Waals surface area contributed by atoms with Gasteiger partial charge < -0.3 is 11.1 Å². The van der Waals surface area contributed by atoms with E-state index in [-0.39, 0.29) is 5.91 Å². The first-order valence-corrected chi connectivity index (χ1v) is 7.75. The molecule has 0 aliphatic heterocycles. The third-order valence-electron chi connectivity index (χ3n) is 3.87. The lowest BCUT2D eigenvalue weighted by Gasteiger charge is -2.10. The Morgan fingerprint density at radius 1 is 1.25 bits per heavy atom. The molecule has 0 saturated carbocycles. The number of thiophene rings is 1. The summed E-state index contributed by atoms with van der Waals surface area (Å²) in [5.41, 5.74) is 9.58. The van der Waals surface area contributed by atoms with Crippen LogP contribution in [-0.2, 0) is 12.8 Å². The van der Waals surface area contributed by atoms with Gasteiger partial charge in [-0.3, -0.25) is 4.79 Å². The molecule has 104 valence electrons. The number of anilines is 2. The molecule has 4 heteroatoms. The fourth-order valence-electron chi connectivity index (χ4n) is 2.72. The smallest absolute Gasteiger partial charge is 0.258 e. The highest BCUT2D eigenvalue weighted by molar-refractivity contribution is 7.16. The molecule has 0 atom stereocenters. The fraction of sp³-hybridized carbons (Fsp3) is 0.312. The normalized spacial score (nSPS) is 13.8. The number of carbonyl (C=O) groups is 1. The van der Waals surface area contributed by atoms with Gasteiger partial charge in [0.2, 0.25) is 0 Å². The van der Waals surface area contributed by atoms with Crippen LogP contribution in [-0.4, -0.2) is 5.91 Å². The summed E-state index contributed by atoms with van der Waals surface area (Å²) < 4.78 is 0. The molecule has 0 unspecified atom stereocenters. The average molecular weight is 286 g/mol. The molecule has 0 spiro atoms. The molecule has 0 radical (unpaired) electrons. The van der Waals surface area contributed by atoms with Gasteiger partial charge >= 0.3 is 0 Å². The summed E-state index contributed by atoms with van der Waals surface area (Å²) in [5.74, 6) is -0.121. The quantitative estimate of drug-likeness (QED) is 0.826. The van der Waals surface area contributed by atoms with Gasteiger partial charge in [-0.2, -0.15) is 0 Å². The molecule has 0 saturated heterocycles. The largest absolute Gasteiger partial charge is 0.398 e. The molecule has 1 aromatic heterocycles. The van der Waals surface area contributed by atoms with Crippen LogP contribution in [0.1, 0.15) is 39.2 Å². The van der Waals surface area contributed by atoms with Crippen molar-refractivity contribution < 1.29 is 4.79 Å². The van der Waals surface area contributed by atoms with E-state index in [1.54, 1.807) is 23.5 Å². The molecule has 1 amide bonds. The minimum Gasteiger partial charge on any atom is -0.398 e. The van der Waals surface area contributed by atoms with Crippen LogP contribution in [0.4, 0.5) is 10.7 Å². The zero-order valence-electron chi connectivity index (χ0n) is 11.5. The Bertz CT molecular complexity index is 660. The second-order valence-corrected chi connectivity index (χ2v) is 6.31. The zero-order valence-corrected chi connectivity index (χ0v) is 12.3. The second-order valence-electron chi connectivity index (χ2n) is 5.21. The number of nitrogen functional groups attached to an aromatic ring is 1. The van der Waals surface area contributed by atoms with E-state index in [0.29, 0.717) is 11.3 Å². The molecule has 0 bridgehead atoms. The number of hydrogen-bond acceptors (Lipinski definition) is 3. The lowest BCUT2D eigenvalue weighted by atomic mass is 9.96. The number of fused-ring (bicyclic) bond motifs is 1. The van der Waals surface area contributed by atoms with Gasteiger partial charge in [-0.15, -0.1) is 11.3 Å². The van der Waals surface area contributed by atoms with Crippen molar-refractivity contribution in [2.75, 3.05) is 11.1 Å². The summed E-state index contributed by atoms with van der Waals surface area (Å²) in [6.45, 7) is 2.10. The standard InChI is InChI=1S/C16H18N2OS/c1-10-11-6-3-5-9-14(11)20-16(10)18-15(19)12-7-2-4-8-13(12)17/h2,4,7-8H,3,5-6,9,17H2,1H3,(H,18,19). The molecular formula is C16H18N2OS. The van der Waals surface area contributed by atoms with Crippen LogP contribution in [0, 0.1) is 6.92 Å². The number of nitrogens with one attached hydrogen (secondary N) is 1. The molecule has 3 nitrogen and oxygen atoms in total. The molecule has 1 aromatic carbocycles. The van der Waals surface area contributed by atoms with E-state index in [2.05, 4.69) is 12.2 Å². The van der Waals surface area contributed by atoms with Crippen LogP contribution >= 0.6 is 11.3 Å². The van der Waals surface area contributed by atoms with Crippen LogP contribution in [0.5, 0.6) is 0 Å². The van der Waals surface area contributed by atoms with Crippen molar-refractivity contribution in [3.8, 4) is 0 Å². The lowest BCUT2D eigenvalue weighted by Crippen LogP contribution is -2.13. The van der Waals surface area contributed by atoms with Gasteiger partial charge in [-0.25, -0.2) is 0 Å².